The van der Waals surface area contributed by atoms with E-state index in [-0.39, 0.29) is 24.4 Å². The van der Waals surface area contributed by atoms with Crippen molar-refractivity contribution >= 4 is 23.2 Å². The van der Waals surface area contributed by atoms with Crippen LogP contribution in [-0.4, -0.2) is 34.3 Å². The number of hydrogen-bond acceptors (Lipinski definition) is 4. The van der Waals surface area contributed by atoms with Crippen molar-refractivity contribution < 1.29 is 9.59 Å². The quantitative estimate of drug-likeness (QED) is 0.927. The molecule has 2 amide bonds. The molecule has 21 heavy (non-hydrogen) atoms. The van der Waals surface area contributed by atoms with Gasteiger partial charge < -0.3 is 10.2 Å². The normalized spacial score (nSPS) is 24.2. The molecular formula is C15H21N3O2S. The number of piperazine rings is 1. The molecule has 1 saturated heterocycles. The van der Waals surface area contributed by atoms with E-state index in [1.807, 2.05) is 12.3 Å². The Labute approximate surface area is 128 Å². The van der Waals surface area contributed by atoms with Crippen LogP contribution < -0.4 is 5.32 Å². The van der Waals surface area contributed by atoms with Crippen molar-refractivity contribution in [3.63, 3.8) is 0 Å². The predicted octanol–water partition coefficient (Wildman–Crippen LogP) is 1.86. The van der Waals surface area contributed by atoms with Crippen LogP contribution in [0.4, 0.5) is 0 Å². The number of thiazole rings is 1. The van der Waals surface area contributed by atoms with Gasteiger partial charge in [-0.2, -0.15) is 0 Å². The van der Waals surface area contributed by atoms with Crippen LogP contribution in [0, 0.1) is 12.8 Å². The summed E-state index contributed by atoms with van der Waals surface area (Å²) in [5.41, 5.74) is 0.970. The topological polar surface area (TPSA) is 62.3 Å². The van der Waals surface area contributed by atoms with Crippen molar-refractivity contribution in [3.8, 4) is 0 Å². The van der Waals surface area contributed by atoms with E-state index in [4.69, 9.17) is 0 Å². The van der Waals surface area contributed by atoms with Gasteiger partial charge in [0.1, 0.15) is 11.0 Å². The second-order valence-electron chi connectivity index (χ2n) is 5.96. The van der Waals surface area contributed by atoms with E-state index in [1.165, 1.54) is 6.42 Å². The zero-order valence-corrected chi connectivity index (χ0v) is 13.1. The summed E-state index contributed by atoms with van der Waals surface area (Å²) in [5.74, 6) is 0.317. The number of hydrogen-bond donors (Lipinski definition) is 1. The molecular weight excluding hydrogens is 286 g/mol. The van der Waals surface area contributed by atoms with Gasteiger partial charge in [-0.05, 0) is 25.7 Å². The molecule has 0 bridgehead atoms. The Bertz CT molecular complexity index is 537. The summed E-state index contributed by atoms with van der Waals surface area (Å²) in [6.45, 7) is 2.53. The Kier molecular flexibility index (Phi) is 4.24. The molecule has 1 aromatic rings. The third kappa shape index (κ3) is 3.10. The van der Waals surface area contributed by atoms with Gasteiger partial charge in [-0.3, -0.25) is 9.59 Å². The number of aromatic nitrogens is 1. The Balaban J connectivity index is 1.81. The summed E-state index contributed by atoms with van der Waals surface area (Å²) >= 11 is 1.56. The molecule has 0 aromatic carbocycles. The second-order valence-corrected chi connectivity index (χ2v) is 6.91. The first-order valence-corrected chi connectivity index (χ1v) is 8.51. The van der Waals surface area contributed by atoms with Gasteiger partial charge in [0.2, 0.25) is 11.8 Å². The molecule has 1 aromatic heterocycles. The van der Waals surface area contributed by atoms with Gasteiger partial charge in [0.05, 0.1) is 13.1 Å². The Morgan fingerprint density at radius 2 is 2.10 bits per heavy atom. The largest absolute Gasteiger partial charge is 0.345 e. The van der Waals surface area contributed by atoms with E-state index < -0.39 is 0 Å². The van der Waals surface area contributed by atoms with Crippen molar-refractivity contribution in [1.82, 2.24) is 15.2 Å². The third-order valence-electron chi connectivity index (χ3n) is 4.41. The van der Waals surface area contributed by atoms with Crippen LogP contribution in [0.15, 0.2) is 5.38 Å². The van der Waals surface area contributed by atoms with Crippen LogP contribution in [0.25, 0.3) is 0 Å². The van der Waals surface area contributed by atoms with Crippen LogP contribution in [0.3, 0.4) is 0 Å². The van der Waals surface area contributed by atoms with E-state index in [0.717, 1.165) is 36.4 Å². The second kappa shape index (κ2) is 6.13. The Morgan fingerprint density at radius 3 is 2.76 bits per heavy atom. The van der Waals surface area contributed by atoms with Crippen molar-refractivity contribution in [2.75, 3.05) is 6.54 Å². The average Bonchev–Trinajstić information content (AvgIpc) is 2.89. The lowest BCUT2D eigenvalue weighted by atomic mass is 9.82. The molecule has 114 valence electrons. The minimum Gasteiger partial charge on any atom is -0.345 e. The highest BCUT2D eigenvalue weighted by Crippen LogP contribution is 2.31. The van der Waals surface area contributed by atoms with E-state index >= 15 is 0 Å². The maximum absolute atomic E-state index is 12.3. The first-order chi connectivity index (χ1) is 10.1. The van der Waals surface area contributed by atoms with Crippen molar-refractivity contribution in [2.45, 2.75) is 51.6 Å². The fraction of sp³-hybridized carbons (Fsp3) is 0.667. The average molecular weight is 307 g/mol. The minimum absolute atomic E-state index is 0.00905. The number of carbonyl (C=O) groups is 2. The summed E-state index contributed by atoms with van der Waals surface area (Å²) in [5, 5.41) is 5.65. The van der Waals surface area contributed by atoms with Crippen LogP contribution in [-0.2, 0) is 16.1 Å². The highest BCUT2D eigenvalue weighted by molar-refractivity contribution is 7.09. The lowest BCUT2D eigenvalue weighted by Gasteiger charge is -2.40. The molecule has 0 radical (unpaired) electrons. The summed E-state index contributed by atoms with van der Waals surface area (Å²) in [7, 11) is 0. The first-order valence-electron chi connectivity index (χ1n) is 7.63. The highest BCUT2D eigenvalue weighted by atomic mass is 32.1. The monoisotopic (exact) mass is 307 g/mol. The summed E-state index contributed by atoms with van der Waals surface area (Å²) < 4.78 is 0. The molecule has 0 spiro atoms. The summed E-state index contributed by atoms with van der Waals surface area (Å²) in [4.78, 5) is 30.8. The van der Waals surface area contributed by atoms with E-state index in [1.54, 1.807) is 16.2 Å². The number of amides is 2. The molecule has 1 atom stereocenters. The van der Waals surface area contributed by atoms with E-state index in [9.17, 15) is 9.59 Å². The van der Waals surface area contributed by atoms with Gasteiger partial charge in [-0.1, -0.05) is 19.3 Å². The Morgan fingerprint density at radius 1 is 1.33 bits per heavy atom. The highest BCUT2D eigenvalue weighted by Gasteiger charge is 2.40. The summed E-state index contributed by atoms with van der Waals surface area (Å²) in [6, 6.07) is -0.309. The number of nitrogens with zero attached hydrogens (tertiary/aromatic N) is 2. The molecule has 2 fully saturated rings. The smallest absolute Gasteiger partial charge is 0.243 e. The van der Waals surface area contributed by atoms with Crippen molar-refractivity contribution in [1.29, 1.82) is 0 Å². The molecule has 1 saturated carbocycles. The maximum Gasteiger partial charge on any atom is 0.243 e. The lowest BCUT2D eigenvalue weighted by Crippen LogP contribution is -2.60. The Hall–Kier alpha value is -1.43. The number of aryl methyl sites for hydroxylation is 1. The molecule has 2 aliphatic rings. The van der Waals surface area contributed by atoms with Gasteiger partial charge in [0, 0.05) is 11.1 Å². The fourth-order valence-electron chi connectivity index (χ4n) is 3.39. The number of nitrogens with one attached hydrogen (secondary N) is 1. The molecule has 2 heterocycles. The zero-order chi connectivity index (χ0) is 14.8. The van der Waals surface area contributed by atoms with E-state index in [2.05, 4.69) is 10.3 Å². The molecule has 1 N–H and O–H groups in total. The number of carbonyl (C=O) groups excluding carboxylic acids is 2. The first kappa shape index (κ1) is 14.5. The van der Waals surface area contributed by atoms with Gasteiger partial charge in [-0.25, -0.2) is 4.98 Å². The van der Waals surface area contributed by atoms with Gasteiger partial charge in [-0.15, -0.1) is 11.3 Å². The molecule has 3 rings (SSSR count). The van der Waals surface area contributed by atoms with Crippen molar-refractivity contribution in [3.05, 3.63) is 16.1 Å². The standard InChI is InChI=1S/C15H21N3O2S/c1-10-9-21-12(17-10)8-18-13(19)7-16-15(20)14(18)11-5-3-2-4-6-11/h9,11,14H,2-8H2,1H3,(H,16,20). The third-order valence-corrected chi connectivity index (χ3v) is 5.36. The van der Waals surface area contributed by atoms with Crippen LogP contribution >= 0.6 is 11.3 Å². The van der Waals surface area contributed by atoms with Gasteiger partial charge in [0.15, 0.2) is 0 Å². The van der Waals surface area contributed by atoms with E-state index in [0.29, 0.717) is 12.5 Å². The maximum atomic E-state index is 12.3. The molecule has 1 aliphatic carbocycles. The van der Waals surface area contributed by atoms with Crippen LogP contribution in [0.2, 0.25) is 0 Å². The zero-order valence-electron chi connectivity index (χ0n) is 12.3. The van der Waals surface area contributed by atoms with Crippen LogP contribution in [0.5, 0.6) is 0 Å². The molecule has 1 unspecified atom stereocenters. The molecule has 5 nitrogen and oxygen atoms in total. The molecule has 6 heteroatoms. The number of rotatable bonds is 3. The van der Waals surface area contributed by atoms with Crippen LogP contribution in [0.1, 0.15) is 42.8 Å². The lowest BCUT2D eigenvalue weighted by molar-refractivity contribution is -0.149. The summed E-state index contributed by atoms with van der Waals surface area (Å²) in [6.07, 6.45) is 5.64. The molecule has 1 aliphatic heterocycles. The van der Waals surface area contributed by atoms with Gasteiger partial charge >= 0.3 is 0 Å². The minimum atomic E-state index is -0.309. The SMILES string of the molecule is Cc1csc(CN2C(=O)CNC(=O)C2C2CCCCC2)n1. The van der Waals surface area contributed by atoms with Crippen molar-refractivity contribution in [2.24, 2.45) is 5.92 Å². The van der Waals surface area contributed by atoms with Gasteiger partial charge in [0.25, 0.3) is 0 Å². The predicted molar refractivity (Wildman–Crippen MR) is 80.8 cm³/mol. The fourth-order valence-corrected chi connectivity index (χ4v) is 4.16.